The number of carbonyl (C=O) groups excluding carboxylic acids is 1. The summed E-state index contributed by atoms with van der Waals surface area (Å²) in [5.74, 6) is -0.1000. The van der Waals surface area contributed by atoms with Gasteiger partial charge in [0.25, 0.3) is 0 Å². The molecule has 0 spiro atoms. The number of halogens is 3. The van der Waals surface area contributed by atoms with Crippen molar-refractivity contribution >= 4 is 35.8 Å². The molecule has 2 heterocycles. The number of hydrogen-bond donors (Lipinski definition) is 1. The molecule has 1 N–H and O–H groups in total. The Kier molecular flexibility index (Phi) is 9.73. The fraction of sp³-hybridized carbons (Fsp3) is 0.619. The van der Waals surface area contributed by atoms with Crippen molar-refractivity contribution in [1.29, 1.82) is 0 Å². The zero-order valence-electron chi connectivity index (χ0n) is 17.7. The highest BCUT2D eigenvalue weighted by molar-refractivity contribution is 14.0. The molecule has 0 aromatic heterocycles. The Morgan fingerprint density at radius 1 is 1.03 bits per heavy atom. The molecule has 1 aromatic carbocycles. The number of benzene rings is 1. The Morgan fingerprint density at radius 2 is 1.63 bits per heavy atom. The molecule has 1 unspecified atom stereocenters. The summed E-state index contributed by atoms with van der Waals surface area (Å²) in [6.07, 6.45) is 2.72. The molecule has 0 radical (unpaired) electrons. The van der Waals surface area contributed by atoms with E-state index in [1.807, 2.05) is 11.8 Å². The van der Waals surface area contributed by atoms with Crippen LogP contribution in [0.15, 0.2) is 23.2 Å². The first-order valence-corrected chi connectivity index (χ1v) is 10.4. The monoisotopic (exact) mass is 535 g/mol. The van der Waals surface area contributed by atoms with E-state index in [9.17, 15) is 13.6 Å². The van der Waals surface area contributed by atoms with Crippen LogP contribution in [0, 0.1) is 11.6 Å². The van der Waals surface area contributed by atoms with Gasteiger partial charge in [-0.05, 0) is 43.9 Å². The smallest absolute Gasteiger partial charge is 0.239 e. The largest absolute Gasteiger partial charge is 0.356 e. The van der Waals surface area contributed by atoms with Gasteiger partial charge in [-0.15, -0.1) is 24.0 Å². The third-order valence-electron chi connectivity index (χ3n) is 5.77. The second-order valence-corrected chi connectivity index (χ2v) is 7.73. The van der Waals surface area contributed by atoms with Gasteiger partial charge in [-0.2, -0.15) is 0 Å². The summed E-state index contributed by atoms with van der Waals surface area (Å²) in [6.45, 7) is 7.48. The van der Waals surface area contributed by atoms with E-state index in [1.54, 1.807) is 7.05 Å². The Hall–Kier alpha value is -1.49. The maximum absolute atomic E-state index is 13.3. The van der Waals surface area contributed by atoms with E-state index < -0.39 is 11.6 Å². The topological polar surface area (TPSA) is 51.2 Å². The second kappa shape index (κ2) is 11.8. The van der Waals surface area contributed by atoms with Crippen LogP contribution in [0.1, 0.15) is 25.3 Å². The molecular formula is C21H32F2IN5O. The molecule has 1 aromatic rings. The minimum Gasteiger partial charge on any atom is -0.356 e. The highest BCUT2D eigenvalue weighted by Crippen LogP contribution is 2.14. The molecule has 0 bridgehead atoms. The predicted molar refractivity (Wildman–Crippen MR) is 125 cm³/mol. The molecule has 2 saturated heterocycles. The summed E-state index contributed by atoms with van der Waals surface area (Å²) in [6, 6.07) is 3.49. The first kappa shape index (κ1) is 24.8. The van der Waals surface area contributed by atoms with Gasteiger partial charge in [0.2, 0.25) is 5.91 Å². The number of rotatable bonds is 5. The third-order valence-corrected chi connectivity index (χ3v) is 5.77. The lowest BCUT2D eigenvalue weighted by Gasteiger charge is -2.39. The van der Waals surface area contributed by atoms with Crippen molar-refractivity contribution in [2.75, 3.05) is 52.9 Å². The van der Waals surface area contributed by atoms with Crippen molar-refractivity contribution in [2.24, 2.45) is 4.99 Å². The Balaban J connectivity index is 0.00000320. The van der Waals surface area contributed by atoms with Crippen molar-refractivity contribution in [3.8, 4) is 0 Å². The highest BCUT2D eigenvalue weighted by Gasteiger charge is 2.30. The lowest BCUT2D eigenvalue weighted by atomic mass is 10.1. The zero-order chi connectivity index (χ0) is 20.8. The molecule has 6 nitrogen and oxygen atoms in total. The van der Waals surface area contributed by atoms with Crippen LogP contribution in [-0.4, -0.2) is 85.5 Å². The number of piperazine rings is 1. The standard InChI is InChI=1S/C21H31F2N5O.HI/c1-16(20(29)27-7-3-4-8-27)26-9-11-28(12-10-26)21(24-2)25-6-5-17-13-18(22)15-19(23)14-17;/h13-16H,3-12H2,1-2H3,(H,24,25);1H. The predicted octanol–water partition coefficient (Wildman–Crippen LogP) is 2.33. The van der Waals surface area contributed by atoms with Gasteiger partial charge in [-0.25, -0.2) is 8.78 Å². The third kappa shape index (κ3) is 6.50. The van der Waals surface area contributed by atoms with E-state index in [-0.39, 0.29) is 35.9 Å². The zero-order valence-corrected chi connectivity index (χ0v) is 20.1. The van der Waals surface area contributed by atoms with Crippen molar-refractivity contribution in [2.45, 2.75) is 32.2 Å². The van der Waals surface area contributed by atoms with E-state index >= 15 is 0 Å². The fourth-order valence-electron chi connectivity index (χ4n) is 4.09. The van der Waals surface area contributed by atoms with E-state index in [4.69, 9.17) is 0 Å². The van der Waals surface area contributed by atoms with Gasteiger partial charge in [0.15, 0.2) is 5.96 Å². The molecule has 9 heteroatoms. The first-order chi connectivity index (χ1) is 14.0. The summed E-state index contributed by atoms with van der Waals surface area (Å²) >= 11 is 0. The van der Waals surface area contributed by atoms with Gasteiger partial charge in [0.1, 0.15) is 11.6 Å². The molecule has 168 valence electrons. The molecule has 1 amide bonds. The molecule has 2 aliphatic rings. The summed E-state index contributed by atoms with van der Waals surface area (Å²) < 4.78 is 26.6. The van der Waals surface area contributed by atoms with Crippen LogP contribution in [0.5, 0.6) is 0 Å². The number of carbonyl (C=O) groups is 1. The average Bonchev–Trinajstić information content (AvgIpc) is 3.24. The number of amides is 1. The van der Waals surface area contributed by atoms with Gasteiger partial charge in [-0.3, -0.25) is 14.7 Å². The average molecular weight is 535 g/mol. The minimum absolute atomic E-state index is 0. The SMILES string of the molecule is CN=C(NCCc1cc(F)cc(F)c1)N1CCN(C(C)C(=O)N2CCCC2)CC1.I. The van der Waals surface area contributed by atoms with Crippen LogP contribution in [0.4, 0.5) is 8.78 Å². The van der Waals surface area contributed by atoms with Crippen LogP contribution in [-0.2, 0) is 11.2 Å². The Labute approximate surface area is 194 Å². The number of guanidine groups is 1. The van der Waals surface area contributed by atoms with Crippen LogP contribution in [0.2, 0.25) is 0 Å². The van der Waals surface area contributed by atoms with E-state index in [1.165, 1.54) is 12.1 Å². The first-order valence-electron chi connectivity index (χ1n) is 10.4. The highest BCUT2D eigenvalue weighted by atomic mass is 127. The summed E-state index contributed by atoms with van der Waals surface area (Å²) in [4.78, 5) is 23.3. The van der Waals surface area contributed by atoms with Crippen LogP contribution < -0.4 is 5.32 Å². The number of nitrogens with one attached hydrogen (secondary N) is 1. The molecule has 3 rings (SSSR count). The summed E-state index contributed by atoms with van der Waals surface area (Å²) in [5, 5.41) is 3.28. The van der Waals surface area contributed by atoms with Crippen molar-refractivity contribution < 1.29 is 13.6 Å². The van der Waals surface area contributed by atoms with E-state index in [0.717, 1.165) is 64.1 Å². The van der Waals surface area contributed by atoms with E-state index in [0.29, 0.717) is 18.5 Å². The van der Waals surface area contributed by atoms with Crippen molar-refractivity contribution in [3.05, 3.63) is 35.4 Å². The molecule has 1 atom stereocenters. The molecule has 2 aliphatic heterocycles. The van der Waals surface area contributed by atoms with E-state index in [2.05, 4.69) is 20.1 Å². The Morgan fingerprint density at radius 3 is 2.20 bits per heavy atom. The van der Waals surface area contributed by atoms with Gasteiger partial charge in [-0.1, -0.05) is 0 Å². The van der Waals surface area contributed by atoms with Crippen molar-refractivity contribution in [1.82, 2.24) is 20.0 Å². The van der Waals surface area contributed by atoms with Crippen molar-refractivity contribution in [3.63, 3.8) is 0 Å². The van der Waals surface area contributed by atoms with Gasteiger partial charge < -0.3 is 15.1 Å². The lowest BCUT2D eigenvalue weighted by Crippen LogP contribution is -2.57. The molecule has 0 saturated carbocycles. The molecule has 2 fully saturated rings. The second-order valence-electron chi connectivity index (χ2n) is 7.73. The van der Waals surface area contributed by atoms with Gasteiger partial charge in [0.05, 0.1) is 6.04 Å². The fourth-order valence-corrected chi connectivity index (χ4v) is 4.09. The molecule has 0 aliphatic carbocycles. The maximum atomic E-state index is 13.3. The minimum atomic E-state index is -0.557. The summed E-state index contributed by atoms with van der Waals surface area (Å²) in [7, 11) is 1.73. The molecule has 30 heavy (non-hydrogen) atoms. The molecular weight excluding hydrogens is 503 g/mol. The lowest BCUT2D eigenvalue weighted by molar-refractivity contribution is -0.135. The number of aliphatic imine (C=N–C) groups is 1. The van der Waals surface area contributed by atoms with Crippen LogP contribution >= 0.6 is 24.0 Å². The number of hydrogen-bond acceptors (Lipinski definition) is 3. The van der Waals surface area contributed by atoms with Crippen LogP contribution in [0.3, 0.4) is 0 Å². The number of likely N-dealkylation sites (tertiary alicyclic amines) is 1. The Bertz CT molecular complexity index is 714. The summed E-state index contributed by atoms with van der Waals surface area (Å²) in [5.41, 5.74) is 0.615. The van der Waals surface area contributed by atoms with Gasteiger partial charge in [0, 0.05) is 58.9 Å². The maximum Gasteiger partial charge on any atom is 0.239 e. The quantitative estimate of drug-likeness (QED) is 0.358. The van der Waals surface area contributed by atoms with Crippen LogP contribution in [0.25, 0.3) is 0 Å². The normalized spacial score (nSPS) is 18.9. The number of nitrogens with zero attached hydrogens (tertiary/aromatic N) is 4. The van der Waals surface area contributed by atoms with Gasteiger partial charge >= 0.3 is 0 Å².